The van der Waals surface area contributed by atoms with Gasteiger partial charge in [0.1, 0.15) is 25.1 Å². The van der Waals surface area contributed by atoms with Gasteiger partial charge in [0.25, 0.3) is 0 Å². The second-order valence-electron chi connectivity index (χ2n) is 5.61. The molecule has 0 radical (unpaired) electrons. The maximum absolute atomic E-state index is 12.5. The Morgan fingerprint density at radius 1 is 1.07 bits per heavy atom. The quantitative estimate of drug-likeness (QED) is 0.451. The van der Waals surface area contributed by atoms with Crippen molar-refractivity contribution in [3.8, 4) is 11.5 Å². The molecule has 2 rings (SSSR count). The van der Waals surface area contributed by atoms with Crippen LogP contribution in [0.3, 0.4) is 0 Å². The minimum absolute atomic E-state index is 0.106. The summed E-state index contributed by atoms with van der Waals surface area (Å²) in [6.07, 6.45) is 1.21. The van der Waals surface area contributed by atoms with Crippen molar-refractivity contribution < 1.29 is 33.0 Å². The normalized spacial score (nSPS) is 11.3. The molecule has 0 aliphatic heterocycles. The van der Waals surface area contributed by atoms with E-state index in [4.69, 9.17) is 18.9 Å². The Kier molecular flexibility index (Phi) is 8.87. The van der Waals surface area contributed by atoms with E-state index in [1.165, 1.54) is 12.3 Å². The average molecular weight is 440 g/mol. The largest absolute Gasteiger partial charge is 0.480 e. The fourth-order valence-corrected chi connectivity index (χ4v) is 3.66. The lowest BCUT2D eigenvalue weighted by Gasteiger charge is -2.15. The number of carboxylic acid groups (broad SMARTS) is 1. The number of ether oxygens (including phenoxy) is 1. The van der Waals surface area contributed by atoms with Gasteiger partial charge in [-0.25, -0.2) is 4.79 Å². The molecule has 14 heteroatoms. The second kappa shape index (κ2) is 11.4. The van der Waals surface area contributed by atoms with Gasteiger partial charge in [-0.2, -0.15) is 0 Å². The van der Waals surface area contributed by atoms with Gasteiger partial charge >= 0.3 is 13.6 Å². The molecule has 2 aromatic heterocycles. The van der Waals surface area contributed by atoms with Crippen LogP contribution in [-0.4, -0.2) is 68.8 Å². The highest BCUT2D eigenvalue weighted by Crippen LogP contribution is 2.50. The number of aliphatic carboxylic acids is 1. The van der Waals surface area contributed by atoms with Crippen molar-refractivity contribution in [2.24, 2.45) is 0 Å². The van der Waals surface area contributed by atoms with E-state index in [9.17, 15) is 14.2 Å². The Bertz CT molecular complexity index is 884. The highest BCUT2D eigenvalue weighted by Gasteiger charge is 2.26. The third-order valence-electron chi connectivity index (χ3n) is 3.24. The zero-order valence-corrected chi connectivity index (χ0v) is 17.2. The number of pyridine rings is 1. The third kappa shape index (κ3) is 7.52. The van der Waals surface area contributed by atoms with E-state index in [2.05, 4.69) is 30.7 Å². The zero-order valence-electron chi connectivity index (χ0n) is 16.3. The van der Waals surface area contributed by atoms with Gasteiger partial charge in [-0.15, -0.1) is 20.4 Å². The summed E-state index contributed by atoms with van der Waals surface area (Å²) in [4.78, 5) is 26.1. The molecule has 162 valence electrons. The molecular weight excluding hydrogens is 419 g/mol. The van der Waals surface area contributed by atoms with Crippen molar-refractivity contribution in [3.05, 3.63) is 24.2 Å². The van der Waals surface area contributed by atoms with E-state index in [0.717, 1.165) is 0 Å². The Labute approximate surface area is 171 Å². The molecule has 30 heavy (non-hydrogen) atoms. The molecule has 0 fully saturated rings. The first-order valence-electron chi connectivity index (χ1n) is 8.85. The SMILES string of the molecule is CCOP(=O)(Cc1nnc(-c2ccc(NC(=O)COCC(=O)O)cn2)nn1)OCC. The maximum Gasteiger partial charge on any atom is 0.338 e. The number of amides is 1. The van der Waals surface area contributed by atoms with Crippen LogP contribution in [0.4, 0.5) is 5.69 Å². The lowest BCUT2D eigenvalue weighted by molar-refractivity contribution is -0.143. The van der Waals surface area contributed by atoms with E-state index < -0.39 is 32.7 Å². The lowest BCUT2D eigenvalue weighted by atomic mass is 10.3. The fraction of sp³-hybridized carbons (Fsp3) is 0.438. The monoisotopic (exact) mass is 440 g/mol. The summed E-state index contributed by atoms with van der Waals surface area (Å²) in [5, 5.41) is 26.6. The minimum atomic E-state index is -3.37. The van der Waals surface area contributed by atoms with E-state index in [0.29, 0.717) is 11.4 Å². The van der Waals surface area contributed by atoms with Crippen molar-refractivity contribution >= 4 is 25.2 Å². The molecule has 0 saturated heterocycles. The molecule has 13 nitrogen and oxygen atoms in total. The number of hydrogen-bond acceptors (Lipinski definition) is 11. The van der Waals surface area contributed by atoms with E-state index in [1.807, 2.05) is 0 Å². The average Bonchev–Trinajstić information content (AvgIpc) is 2.69. The standard InChI is InChI=1S/C16H21N6O7P/c1-3-28-30(26,29-4-2)10-13-19-21-16(22-20-13)12-6-5-11(7-17-12)18-14(23)8-27-9-15(24)25/h5-7H,3-4,8-10H2,1-2H3,(H,18,23)(H,24,25). The van der Waals surface area contributed by atoms with E-state index in [-0.39, 0.29) is 31.0 Å². The smallest absolute Gasteiger partial charge is 0.338 e. The van der Waals surface area contributed by atoms with Crippen LogP contribution < -0.4 is 5.32 Å². The summed E-state index contributed by atoms with van der Waals surface area (Å²) in [5.74, 6) is -1.46. The maximum atomic E-state index is 12.5. The molecular formula is C16H21N6O7P. The first kappa shape index (κ1) is 23.4. The number of nitrogens with one attached hydrogen (secondary N) is 1. The first-order valence-corrected chi connectivity index (χ1v) is 10.6. The van der Waals surface area contributed by atoms with Crippen molar-refractivity contribution in [2.45, 2.75) is 20.0 Å². The third-order valence-corrected chi connectivity index (χ3v) is 5.22. The summed E-state index contributed by atoms with van der Waals surface area (Å²) < 4.78 is 27.6. The van der Waals surface area contributed by atoms with E-state index in [1.54, 1.807) is 19.9 Å². The molecule has 0 saturated carbocycles. The summed E-state index contributed by atoms with van der Waals surface area (Å²) in [7, 11) is -3.37. The van der Waals surface area contributed by atoms with Crippen LogP contribution in [0.25, 0.3) is 11.5 Å². The second-order valence-corrected chi connectivity index (χ2v) is 7.67. The molecule has 0 atom stereocenters. The molecule has 0 aliphatic carbocycles. The van der Waals surface area contributed by atoms with Crippen LogP contribution in [0.1, 0.15) is 19.7 Å². The van der Waals surface area contributed by atoms with E-state index >= 15 is 0 Å². The van der Waals surface area contributed by atoms with Crippen LogP contribution in [-0.2, 0) is 34.1 Å². The molecule has 2 N–H and O–H groups in total. The number of carbonyl (C=O) groups excluding carboxylic acids is 1. The number of carboxylic acids is 1. The van der Waals surface area contributed by atoms with Gasteiger partial charge in [-0.05, 0) is 26.0 Å². The van der Waals surface area contributed by atoms with Gasteiger partial charge < -0.3 is 24.2 Å². The van der Waals surface area contributed by atoms with Gasteiger partial charge in [-0.1, -0.05) is 0 Å². The number of rotatable bonds is 12. The zero-order chi connectivity index (χ0) is 22.0. The number of nitrogens with zero attached hydrogens (tertiary/aromatic N) is 5. The summed E-state index contributed by atoms with van der Waals surface area (Å²) in [5.41, 5.74) is 0.717. The Balaban J connectivity index is 1.97. The molecule has 1 amide bonds. The molecule has 0 aromatic carbocycles. The van der Waals surface area contributed by atoms with Crippen LogP contribution in [0.5, 0.6) is 0 Å². The van der Waals surface area contributed by atoms with Gasteiger partial charge in [0.2, 0.25) is 11.7 Å². The molecule has 0 aliphatic rings. The van der Waals surface area contributed by atoms with Crippen molar-refractivity contribution in [2.75, 3.05) is 31.7 Å². The summed E-state index contributed by atoms with van der Waals surface area (Å²) in [6.45, 7) is 2.87. The van der Waals surface area contributed by atoms with Crippen molar-refractivity contribution in [1.29, 1.82) is 0 Å². The predicted molar refractivity (Wildman–Crippen MR) is 103 cm³/mol. The van der Waals surface area contributed by atoms with Crippen molar-refractivity contribution in [1.82, 2.24) is 25.4 Å². The molecule has 0 bridgehead atoms. The number of aromatic nitrogens is 5. The fourth-order valence-electron chi connectivity index (χ4n) is 2.14. The topological polar surface area (TPSA) is 176 Å². The van der Waals surface area contributed by atoms with Gasteiger partial charge in [0, 0.05) is 0 Å². The van der Waals surface area contributed by atoms with Gasteiger partial charge in [-0.3, -0.25) is 14.3 Å². The summed E-state index contributed by atoms with van der Waals surface area (Å²) >= 11 is 0. The lowest BCUT2D eigenvalue weighted by Crippen LogP contribution is -2.20. The predicted octanol–water partition coefficient (Wildman–Crippen LogP) is 1.13. The number of carbonyl (C=O) groups is 2. The van der Waals surface area contributed by atoms with Crippen molar-refractivity contribution in [3.63, 3.8) is 0 Å². The number of anilines is 1. The van der Waals surface area contributed by atoms with Crippen LogP contribution in [0.15, 0.2) is 18.3 Å². The van der Waals surface area contributed by atoms with Gasteiger partial charge in [0.15, 0.2) is 5.82 Å². The highest BCUT2D eigenvalue weighted by molar-refractivity contribution is 7.53. The minimum Gasteiger partial charge on any atom is -0.480 e. The molecule has 2 aromatic rings. The van der Waals surface area contributed by atoms with Crippen LogP contribution in [0, 0.1) is 0 Å². The molecule has 2 heterocycles. The highest BCUT2D eigenvalue weighted by atomic mass is 31.2. The molecule has 0 unspecified atom stereocenters. The van der Waals surface area contributed by atoms with Crippen LogP contribution >= 0.6 is 7.60 Å². The van der Waals surface area contributed by atoms with Gasteiger partial charge in [0.05, 0.1) is 25.1 Å². The Morgan fingerprint density at radius 3 is 2.27 bits per heavy atom. The summed E-state index contributed by atoms with van der Waals surface area (Å²) in [6, 6.07) is 3.09. The van der Waals surface area contributed by atoms with Crippen LogP contribution in [0.2, 0.25) is 0 Å². The molecule has 0 spiro atoms. The number of hydrogen-bond donors (Lipinski definition) is 2. The first-order chi connectivity index (χ1) is 14.3. The Hall–Kier alpha value is -2.86. The Morgan fingerprint density at radius 2 is 1.73 bits per heavy atom.